The van der Waals surface area contributed by atoms with E-state index in [1.807, 2.05) is 0 Å². The molecule has 0 bridgehead atoms. The van der Waals surface area contributed by atoms with E-state index in [0.29, 0.717) is 5.92 Å². The monoisotopic (exact) mass is 314 g/mol. The molecule has 3 rings (SSSR count). The number of fused-ring (bicyclic) bond motifs is 1. The highest BCUT2D eigenvalue weighted by Gasteiger charge is 2.25. The van der Waals surface area contributed by atoms with Crippen LogP contribution in [0.4, 0.5) is 0 Å². The maximum Gasteiger partial charge on any atom is 0.320 e. The van der Waals surface area contributed by atoms with Crippen molar-refractivity contribution in [2.24, 2.45) is 13.0 Å². The number of aliphatic carboxylic acids is 1. The Balaban J connectivity index is 0.000000185. The second-order valence-electron chi connectivity index (χ2n) is 6.24. The van der Waals surface area contributed by atoms with Gasteiger partial charge in [0.15, 0.2) is 0 Å². The van der Waals surface area contributed by atoms with Crippen molar-refractivity contribution >= 4 is 22.4 Å². The van der Waals surface area contributed by atoms with Gasteiger partial charge in [0.05, 0.1) is 0 Å². The Morgan fingerprint density at radius 2 is 2.13 bits per heavy atom. The summed E-state index contributed by atoms with van der Waals surface area (Å²) in [5.74, 6) is -0.203. The first-order valence-electron chi connectivity index (χ1n) is 8.12. The third kappa shape index (κ3) is 4.02. The predicted octanol–water partition coefficient (Wildman–Crippen LogP) is 3.67. The molecule has 1 fully saturated rings. The molecule has 0 aliphatic carbocycles. The Kier molecular flexibility index (Phi) is 5.61. The molecule has 0 spiro atoms. The molecule has 1 aliphatic heterocycles. The number of nitrogens with zero attached hydrogens (tertiary/aromatic N) is 1. The summed E-state index contributed by atoms with van der Waals surface area (Å²) in [5.41, 5.74) is 3.72. The molecule has 4 heteroatoms. The van der Waals surface area contributed by atoms with Gasteiger partial charge in [0.1, 0.15) is 6.04 Å². The number of carboxylic acid groups (broad SMARTS) is 1. The predicted molar refractivity (Wildman–Crippen MR) is 95.5 cm³/mol. The lowest BCUT2D eigenvalue weighted by Gasteiger charge is -2.04. The largest absolute Gasteiger partial charge is 0.480 e. The van der Waals surface area contributed by atoms with Crippen LogP contribution in [0.25, 0.3) is 16.5 Å². The highest BCUT2D eigenvalue weighted by Crippen LogP contribution is 2.24. The van der Waals surface area contributed by atoms with Crippen LogP contribution in [-0.4, -0.2) is 28.2 Å². The van der Waals surface area contributed by atoms with Crippen molar-refractivity contribution in [3.05, 3.63) is 42.6 Å². The first kappa shape index (κ1) is 17.3. The third-order valence-electron chi connectivity index (χ3n) is 4.39. The van der Waals surface area contributed by atoms with Crippen LogP contribution >= 0.6 is 0 Å². The molecule has 1 saturated heterocycles. The van der Waals surface area contributed by atoms with Gasteiger partial charge in [-0.1, -0.05) is 38.6 Å². The van der Waals surface area contributed by atoms with E-state index < -0.39 is 5.97 Å². The number of hydrogen-bond donors (Lipinski definition) is 2. The highest BCUT2D eigenvalue weighted by atomic mass is 16.4. The number of para-hydroxylation sites is 1. The standard InChI is InChI=1S/C13H15N.C6H11NO2/c1-4-10(2)13-9-11-7-5-6-8-12(11)14(13)3;1-4-2-5(6(8)9)7-3-4/h5-9H,2,4H2,1,3H3;4-5,7H,2-3H2,1H3,(H,8,9). The molecule has 124 valence electrons. The Bertz CT molecular complexity index is 702. The van der Waals surface area contributed by atoms with E-state index in [2.05, 4.69) is 67.7 Å². The number of allylic oxidation sites excluding steroid dienone is 1. The molecule has 23 heavy (non-hydrogen) atoms. The molecule has 1 aliphatic rings. The molecule has 0 radical (unpaired) electrons. The first-order chi connectivity index (χ1) is 10.9. The number of carboxylic acids is 1. The van der Waals surface area contributed by atoms with Crippen molar-refractivity contribution in [3.8, 4) is 0 Å². The molecule has 0 saturated carbocycles. The van der Waals surface area contributed by atoms with Crippen molar-refractivity contribution in [3.63, 3.8) is 0 Å². The van der Waals surface area contributed by atoms with Gasteiger partial charge in [-0.15, -0.1) is 0 Å². The molecule has 1 aromatic carbocycles. The number of nitrogens with one attached hydrogen (secondary N) is 1. The Labute approximate surface area is 137 Å². The van der Waals surface area contributed by atoms with Gasteiger partial charge >= 0.3 is 5.97 Å². The fourth-order valence-electron chi connectivity index (χ4n) is 2.91. The van der Waals surface area contributed by atoms with Gasteiger partial charge in [0, 0.05) is 23.6 Å². The minimum Gasteiger partial charge on any atom is -0.480 e. The van der Waals surface area contributed by atoms with Crippen LogP contribution in [0.3, 0.4) is 0 Å². The molecule has 2 heterocycles. The van der Waals surface area contributed by atoms with Gasteiger partial charge < -0.3 is 15.0 Å². The van der Waals surface area contributed by atoms with E-state index in [1.54, 1.807) is 0 Å². The first-order valence-corrected chi connectivity index (χ1v) is 8.12. The van der Waals surface area contributed by atoms with E-state index >= 15 is 0 Å². The average Bonchev–Trinajstić information content (AvgIpc) is 3.12. The number of carbonyl (C=O) groups is 1. The van der Waals surface area contributed by atoms with Crippen LogP contribution < -0.4 is 5.32 Å². The topological polar surface area (TPSA) is 54.3 Å². The molecular formula is C19H26N2O2. The van der Waals surface area contributed by atoms with Crippen molar-refractivity contribution in [1.29, 1.82) is 0 Å². The minimum absolute atomic E-state index is 0.292. The average molecular weight is 314 g/mol. The normalized spacial score (nSPS) is 20.1. The van der Waals surface area contributed by atoms with Crippen molar-refractivity contribution in [2.45, 2.75) is 32.7 Å². The van der Waals surface area contributed by atoms with Crippen LogP contribution in [0, 0.1) is 5.92 Å². The van der Waals surface area contributed by atoms with Gasteiger partial charge in [0.2, 0.25) is 0 Å². The molecule has 2 atom stereocenters. The summed E-state index contributed by atoms with van der Waals surface area (Å²) in [6.07, 6.45) is 1.78. The zero-order valence-electron chi connectivity index (χ0n) is 14.2. The molecule has 2 unspecified atom stereocenters. The lowest BCUT2D eigenvalue weighted by Crippen LogP contribution is -2.29. The minimum atomic E-state index is -0.723. The maximum absolute atomic E-state index is 10.3. The quantitative estimate of drug-likeness (QED) is 0.909. The third-order valence-corrected chi connectivity index (χ3v) is 4.39. The second kappa shape index (κ2) is 7.47. The number of rotatable bonds is 3. The van der Waals surface area contributed by atoms with Crippen LogP contribution in [0.5, 0.6) is 0 Å². The lowest BCUT2D eigenvalue weighted by atomic mass is 10.1. The van der Waals surface area contributed by atoms with Crippen LogP contribution in [0.15, 0.2) is 36.9 Å². The van der Waals surface area contributed by atoms with E-state index in [0.717, 1.165) is 19.4 Å². The SMILES string of the molecule is C=C(CC)c1cc2ccccc2n1C.CC1CNC(C(=O)O)C1. The maximum atomic E-state index is 10.3. The fraction of sp³-hybridized carbons (Fsp3) is 0.421. The van der Waals surface area contributed by atoms with Crippen molar-refractivity contribution in [2.75, 3.05) is 6.54 Å². The van der Waals surface area contributed by atoms with Gasteiger partial charge in [-0.2, -0.15) is 0 Å². The summed E-state index contributed by atoms with van der Waals surface area (Å²) in [6.45, 7) is 9.11. The highest BCUT2D eigenvalue weighted by molar-refractivity contribution is 5.85. The van der Waals surface area contributed by atoms with Gasteiger partial charge in [0.25, 0.3) is 0 Å². The Morgan fingerprint density at radius 3 is 2.61 bits per heavy atom. The zero-order valence-corrected chi connectivity index (χ0v) is 14.2. The molecule has 2 aromatic rings. The smallest absolute Gasteiger partial charge is 0.320 e. The van der Waals surface area contributed by atoms with E-state index in [4.69, 9.17) is 5.11 Å². The van der Waals surface area contributed by atoms with Gasteiger partial charge in [-0.25, -0.2) is 0 Å². The second-order valence-corrected chi connectivity index (χ2v) is 6.24. The number of aryl methyl sites for hydroxylation is 1. The number of hydrogen-bond acceptors (Lipinski definition) is 2. The van der Waals surface area contributed by atoms with Gasteiger partial charge in [-0.05, 0) is 43.0 Å². The van der Waals surface area contributed by atoms with Gasteiger partial charge in [-0.3, -0.25) is 4.79 Å². The summed E-state index contributed by atoms with van der Waals surface area (Å²) in [6, 6.07) is 10.3. The summed E-state index contributed by atoms with van der Waals surface area (Å²) in [5, 5.41) is 12.7. The summed E-state index contributed by atoms with van der Waals surface area (Å²) in [7, 11) is 2.10. The van der Waals surface area contributed by atoms with Crippen molar-refractivity contribution in [1.82, 2.24) is 9.88 Å². The summed E-state index contributed by atoms with van der Waals surface area (Å²) in [4.78, 5) is 10.3. The summed E-state index contributed by atoms with van der Waals surface area (Å²) < 4.78 is 2.21. The number of benzene rings is 1. The van der Waals surface area contributed by atoms with E-state index in [-0.39, 0.29) is 6.04 Å². The molecule has 2 N–H and O–H groups in total. The van der Waals surface area contributed by atoms with Crippen LogP contribution in [0.1, 0.15) is 32.4 Å². The summed E-state index contributed by atoms with van der Waals surface area (Å²) >= 11 is 0. The van der Waals surface area contributed by atoms with Crippen LogP contribution in [-0.2, 0) is 11.8 Å². The Morgan fingerprint density at radius 1 is 1.43 bits per heavy atom. The lowest BCUT2D eigenvalue weighted by molar-refractivity contribution is -0.139. The van der Waals surface area contributed by atoms with E-state index in [1.165, 1.54) is 22.2 Å². The molecule has 1 aromatic heterocycles. The molecule has 0 amide bonds. The molecule has 4 nitrogen and oxygen atoms in total. The van der Waals surface area contributed by atoms with Crippen molar-refractivity contribution < 1.29 is 9.90 Å². The zero-order chi connectivity index (χ0) is 17.0. The number of aromatic nitrogens is 1. The Hall–Kier alpha value is -2.07. The fourth-order valence-corrected chi connectivity index (χ4v) is 2.91. The van der Waals surface area contributed by atoms with Crippen LogP contribution in [0.2, 0.25) is 0 Å². The molecular weight excluding hydrogens is 288 g/mol. The van der Waals surface area contributed by atoms with E-state index in [9.17, 15) is 4.79 Å².